The number of carbonyl (C=O) groups excluding carboxylic acids is 1. The lowest BCUT2D eigenvalue weighted by atomic mass is 10.1. The third-order valence-electron chi connectivity index (χ3n) is 3.27. The third-order valence-corrected chi connectivity index (χ3v) is 3.27. The van der Waals surface area contributed by atoms with E-state index in [0.717, 1.165) is 11.4 Å². The van der Waals surface area contributed by atoms with Crippen LogP contribution < -0.4 is 0 Å². The molecule has 6 heteroatoms. The van der Waals surface area contributed by atoms with Crippen molar-refractivity contribution in [1.29, 1.82) is 0 Å². The molecule has 0 atom stereocenters. The van der Waals surface area contributed by atoms with Gasteiger partial charge in [0.1, 0.15) is 0 Å². The van der Waals surface area contributed by atoms with Gasteiger partial charge in [-0.1, -0.05) is 0 Å². The van der Waals surface area contributed by atoms with Gasteiger partial charge in [0.05, 0.1) is 13.0 Å². The highest BCUT2D eigenvalue weighted by molar-refractivity contribution is 5.99. The predicted molar refractivity (Wildman–Crippen MR) is 67.4 cm³/mol. The summed E-state index contributed by atoms with van der Waals surface area (Å²) in [4.78, 5) is 13.4. The summed E-state index contributed by atoms with van der Waals surface area (Å²) >= 11 is 0. The van der Waals surface area contributed by atoms with Crippen LogP contribution in [0.2, 0.25) is 0 Å². The SMILES string of the molecule is Cc1cc(C(=O)CN(C)CCC(F)(F)F)c(C)n1C. The molecule has 3 nitrogen and oxygen atoms in total. The minimum atomic E-state index is -4.18. The van der Waals surface area contributed by atoms with Gasteiger partial charge in [0, 0.05) is 30.5 Å². The zero-order chi connectivity index (χ0) is 14.8. The molecule has 0 bridgehead atoms. The number of aromatic nitrogens is 1. The molecule has 1 aromatic heterocycles. The van der Waals surface area contributed by atoms with Crippen molar-refractivity contribution in [2.45, 2.75) is 26.4 Å². The first-order valence-electron chi connectivity index (χ1n) is 6.03. The van der Waals surface area contributed by atoms with Crippen molar-refractivity contribution in [3.63, 3.8) is 0 Å². The fourth-order valence-corrected chi connectivity index (χ4v) is 1.86. The molecule has 0 saturated heterocycles. The summed E-state index contributed by atoms with van der Waals surface area (Å²) in [7, 11) is 3.38. The van der Waals surface area contributed by atoms with Crippen molar-refractivity contribution in [3.05, 3.63) is 23.0 Å². The van der Waals surface area contributed by atoms with Crippen LogP contribution in [0.1, 0.15) is 28.2 Å². The van der Waals surface area contributed by atoms with Gasteiger partial charge in [0.2, 0.25) is 0 Å². The fraction of sp³-hybridized carbons (Fsp3) is 0.615. The van der Waals surface area contributed by atoms with Gasteiger partial charge < -0.3 is 4.57 Å². The standard InChI is InChI=1S/C13H19F3N2O/c1-9-7-11(10(2)18(9)4)12(19)8-17(3)6-5-13(14,15)16/h7H,5-6,8H2,1-4H3. The monoisotopic (exact) mass is 276 g/mol. The molecule has 0 radical (unpaired) electrons. The van der Waals surface area contributed by atoms with Gasteiger partial charge in [-0.05, 0) is 27.0 Å². The fourth-order valence-electron chi connectivity index (χ4n) is 1.86. The highest BCUT2D eigenvalue weighted by Crippen LogP contribution is 2.20. The summed E-state index contributed by atoms with van der Waals surface area (Å²) in [5.74, 6) is -0.147. The molecule has 0 aromatic carbocycles. The van der Waals surface area contributed by atoms with Crippen molar-refractivity contribution < 1.29 is 18.0 Å². The molecule has 0 saturated carbocycles. The summed E-state index contributed by atoms with van der Waals surface area (Å²) in [6, 6.07) is 1.77. The zero-order valence-electron chi connectivity index (χ0n) is 11.6. The predicted octanol–water partition coefficient (Wildman–Crippen LogP) is 2.71. The Morgan fingerprint density at radius 2 is 1.95 bits per heavy atom. The van der Waals surface area contributed by atoms with Gasteiger partial charge in [0.25, 0.3) is 0 Å². The summed E-state index contributed by atoms with van der Waals surface area (Å²) in [6.45, 7) is 3.55. The van der Waals surface area contributed by atoms with E-state index in [1.54, 1.807) is 6.07 Å². The first-order chi connectivity index (χ1) is 8.61. The highest BCUT2D eigenvalue weighted by atomic mass is 19.4. The first-order valence-corrected chi connectivity index (χ1v) is 6.03. The van der Waals surface area contributed by atoms with E-state index < -0.39 is 12.6 Å². The first kappa shape index (κ1) is 15.8. The number of carbonyl (C=O) groups is 1. The number of rotatable bonds is 5. The molecule has 108 valence electrons. The number of alkyl halides is 3. The molecule has 19 heavy (non-hydrogen) atoms. The lowest BCUT2D eigenvalue weighted by molar-refractivity contribution is -0.137. The molecule has 1 rings (SSSR count). The maximum Gasteiger partial charge on any atom is 0.390 e. The molecule has 0 spiro atoms. The van der Waals surface area contributed by atoms with Crippen LogP contribution in [0, 0.1) is 13.8 Å². The normalized spacial score (nSPS) is 12.2. The lowest BCUT2D eigenvalue weighted by Gasteiger charge is -2.16. The number of nitrogens with zero attached hydrogens (tertiary/aromatic N) is 2. The van der Waals surface area contributed by atoms with Crippen LogP contribution in [0.4, 0.5) is 13.2 Å². The van der Waals surface area contributed by atoms with Crippen LogP contribution >= 0.6 is 0 Å². The molecule has 0 aliphatic carbocycles. The number of hydrogen-bond donors (Lipinski definition) is 0. The highest BCUT2D eigenvalue weighted by Gasteiger charge is 2.27. The smallest absolute Gasteiger partial charge is 0.351 e. The van der Waals surface area contributed by atoms with Crippen LogP contribution in [-0.2, 0) is 7.05 Å². The van der Waals surface area contributed by atoms with E-state index in [0.29, 0.717) is 5.56 Å². The largest absolute Gasteiger partial charge is 0.390 e. The number of hydrogen-bond acceptors (Lipinski definition) is 2. The van der Waals surface area contributed by atoms with E-state index in [4.69, 9.17) is 0 Å². The molecule has 0 unspecified atom stereocenters. The van der Waals surface area contributed by atoms with Gasteiger partial charge in [-0.3, -0.25) is 9.69 Å². The van der Waals surface area contributed by atoms with Crippen molar-refractivity contribution in [2.24, 2.45) is 7.05 Å². The summed E-state index contributed by atoms with van der Waals surface area (Å²) in [5, 5.41) is 0. The molecule has 0 aliphatic heterocycles. The lowest BCUT2D eigenvalue weighted by Crippen LogP contribution is -2.29. The van der Waals surface area contributed by atoms with E-state index in [-0.39, 0.29) is 18.9 Å². The van der Waals surface area contributed by atoms with E-state index in [1.165, 1.54) is 11.9 Å². The van der Waals surface area contributed by atoms with Crippen LogP contribution in [0.25, 0.3) is 0 Å². The van der Waals surface area contributed by atoms with E-state index in [1.807, 2.05) is 25.5 Å². The van der Waals surface area contributed by atoms with Crippen molar-refractivity contribution in [2.75, 3.05) is 20.1 Å². The number of Topliss-reactive ketones (excluding diaryl/α,β-unsaturated/α-hetero) is 1. The molecular weight excluding hydrogens is 257 g/mol. The molecule has 0 fully saturated rings. The molecule has 0 N–H and O–H groups in total. The Morgan fingerprint density at radius 1 is 1.37 bits per heavy atom. The maximum absolute atomic E-state index is 12.1. The van der Waals surface area contributed by atoms with Crippen molar-refractivity contribution in [1.82, 2.24) is 9.47 Å². The topological polar surface area (TPSA) is 25.2 Å². The van der Waals surface area contributed by atoms with E-state index >= 15 is 0 Å². The van der Waals surface area contributed by atoms with Crippen LogP contribution in [0.15, 0.2) is 6.07 Å². The second-order valence-corrected chi connectivity index (χ2v) is 4.87. The minimum Gasteiger partial charge on any atom is -0.351 e. The van der Waals surface area contributed by atoms with Gasteiger partial charge in [-0.15, -0.1) is 0 Å². The zero-order valence-corrected chi connectivity index (χ0v) is 11.6. The van der Waals surface area contributed by atoms with Gasteiger partial charge >= 0.3 is 6.18 Å². The van der Waals surface area contributed by atoms with Gasteiger partial charge in [-0.2, -0.15) is 13.2 Å². The van der Waals surface area contributed by atoms with Crippen molar-refractivity contribution >= 4 is 5.78 Å². The van der Waals surface area contributed by atoms with Crippen molar-refractivity contribution in [3.8, 4) is 0 Å². The van der Waals surface area contributed by atoms with Crippen LogP contribution in [0.5, 0.6) is 0 Å². The molecule has 1 aromatic rings. The molecule has 0 amide bonds. The summed E-state index contributed by atoms with van der Waals surface area (Å²) in [6.07, 6.45) is -5.08. The Kier molecular flexibility index (Phi) is 4.79. The molecule has 0 aliphatic rings. The average Bonchev–Trinajstić information content (AvgIpc) is 2.53. The Bertz CT molecular complexity index is 463. The van der Waals surface area contributed by atoms with Gasteiger partial charge in [0.15, 0.2) is 5.78 Å². The Balaban J connectivity index is 2.62. The number of halogens is 3. The third kappa shape index (κ3) is 4.38. The van der Waals surface area contributed by atoms with E-state index in [2.05, 4.69) is 0 Å². The Hall–Kier alpha value is -1.30. The number of aryl methyl sites for hydroxylation is 1. The Labute approximate surface area is 111 Å². The Morgan fingerprint density at radius 3 is 2.37 bits per heavy atom. The second-order valence-electron chi connectivity index (χ2n) is 4.87. The van der Waals surface area contributed by atoms with Gasteiger partial charge in [-0.25, -0.2) is 0 Å². The summed E-state index contributed by atoms with van der Waals surface area (Å²) in [5.41, 5.74) is 2.38. The van der Waals surface area contributed by atoms with Crippen LogP contribution in [-0.4, -0.2) is 41.6 Å². The molecule has 1 heterocycles. The molecular formula is C13H19F3N2O. The van der Waals surface area contributed by atoms with E-state index in [9.17, 15) is 18.0 Å². The minimum absolute atomic E-state index is 0.000370. The number of likely N-dealkylation sites (N-methyl/N-ethyl adjacent to an activating group) is 1. The maximum atomic E-state index is 12.1. The van der Waals surface area contributed by atoms with Crippen LogP contribution in [0.3, 0.4) is 0 Å². The number of ketones is 1. The quantitative estimate of drug-likeness (QED) is 0.773. The second kappa shape index (κ2) is 5.77. The summed E-state index contributed by atoms with van der Waals surface area (Å²) < 4.78 is 38.1. The average molecular weight is 276 g/mol.